The number of piperazine rings is 1. The molecule has 0 spiro atoms. The molecule has 1 aromatic heterocycles. The molecule has 19 heavy (non-hydrogen) atoms. The molecule has 2 heterocycles. The Balaban J connectivity index is 1.81. The minimum atomic E-state index is -0.0482. The molecule has 5 nitrogen and oxygen atoms in total. The van der Waals surface area contributed by atoms with E-state index in [4.69, 9.17) is 11.6 Å². The standard InChI is InChI=1S/C12H19ClN4OS/c1-9(2)3-4-16-5-7-17(8-6-16)11(18)10-14-15-12(13)19-10/h9H,3-8H2,1-2H3. The number of halogens is 1. The van der Waals surface area contributed by atoms with Crippen LogP contribution in [0.1, 0.15) is 30.1 Å². The fraction of sp³-hybridized carbons (Fsp3) is 0.750. The van der Waals surface area contributed by atoms with Crippen molar-refractivity contribution in [1.82, 2.24) is 20.0 Å². The second-order valence-corrected chi connectivity index (χ2v) is 6.74. The summed E-state index contributed by atoms with van der Waals surface area (Å²) in [6.07, 6.45) is 1.21. The number of amides is 1. The lowest BCUT2D eigenvalue weighted by molar-refractivity contribution is 0.0630. The summed E-state index contributed by atoms with van der Waals surface area (Å²) in [6, 6.07) is 0. The first-order valence-corrected chi connectivity index (χ1v) is 7.76. The second-order valence-electron chi connectivity index (χ2n) is 5.18. The molecular formula is C12H19ClN4OS. The van der Waals surface area contributed by atoms with Crippen molar-refractivity contribution in [3.63, 3.8) is 0 Å². The van der Waals surface area contributed by atoms with Gasteiger partial charge in [-0.3, -0.25) is 9.69 Å². The third kappa shape index (κ3) is 4.12. The Hall–Kier alpha value is -0.720. The Morgan fingerprint density at radius 2 is 2.00 bits per heavy atom. The topological polar surface area (TPSA) is 49.3 Å². The molecule has 0 saturated carbocycles. The molecule has 1 saturated heterocycles. The Morgan fingerprint density at radius 3 is 2.53 bits per heavy atom. The maximum Gasteiger partial charge on any atom is 0.284 e. The van der Waals surface area contributed by atoms with Crippen LogP contribution in [0.3, 0.4) is 0 Å². The molecule has 0 bridgehead atoms. The summed E-state index contributed by atoms with van der Waals surface area (Å²) in [5.41, 5.74) is 0. The van der Waals surface area contributed by atoms with Gasteiger partial charge in [0, 0.05) is 26.2 Å². The van der Waals surface area contributed by atoms with Crippen molar-refractivity contribution >= 4 is 28.8 Å². The van der Waals surface area contributed by atoms with Gasteiger partial charge in [-0.1, -0.05) is 25.2 Å². The molecule has 7 heteroatoms. The second kappa shape index (κ2) is 6.63. The van der Waals surface area contributed by atoms with E-state index in [9.17, 15) is 4.79 Å². The molecule has 1 amide bonds. The van der Waals surface area contributed by atoms with Crippen molar-refractivity contribution in [3.8, 4) is 0 Å². The summed E-state index contributed by atoms with van der Waals surface area (Å²) >= 11 is 6.85. The van der Waals surface area contributed by atoms with Crippen LogP contribution in [-0.4, -0.2) is 58.6 Å². The van der Waals surface area contributed by atoms with E-state index >= 15 is 0 Å². The lowest BCUT2D eigenvalue weighted by Crippen LogP contribution is -2.49. The first kappa shape index (κ1) is 14.7. The van der Waals surface area contributed by atoms with Crippen molar-refractivity contribution in [3.05, 3.63) is 9.47 Å². The van der Waals surface area contributed by atoms with Crippen LogP contribution in [0.15, 0.2) is 0 Å². The van der Waals surface area contributed by atoms with Crippen molar-refractivity contribution < 1.29 is 4.79 Å². The van der Waals surface area contributed by atoms with Gasteiger partial charge in [0.2, 0.25) is 9.47 Å². The third-order valence-corrected chi connectivity index (χ3v) is 4.27. The number of hydrogen-bond acceptors (Lipinski definition) is 5. The van der Waals surface area contributed by atoms with Gasteiger partial charge in [-0.05, 0) is 30.5 Å². The number of rotatable bonds is 4. The number of aromatic nitrogens is 2. The van der Waals surface area contributed by atoms with Gasteiger partial charge in [-0.15, -0.1) is 10.2 Å². The Kier molecular flexibility index (Phi) is 5.13. The van der Waals surface area contributed by atoms with Crippen LogP contribution < -0.4 is 0 Å². The lowest BCUT2D eigenvalue weighted by atomic mass is 10.1. The molecule has 0 aliphatic carbocycles. The first-order valence-electron chi connectivity index (χ1n) is 6.57. The molecular weight excluding hydrogens is 284 g/mol. The molecule has 0 radical (unpaired) electrons. The predicted molar refractivity (Wildman–Crippen MR) is 76.7 cm³/mol. The van der Waals surface area contributed by atoms with Gasteiger partial charge in [0.05, 0.1) is 0 Å². The fourth-order valence-corrected chi connectivity index (χ4v) is 2.84. The van der Waals surface area contributed by atoms with E-state index in [-0.39, 0.29) is 5.91 Å². The minimum absolute atomic E-state index is 0.0482. The van der Waals surface area contributed by atoms with E-state index in [1.54, 1.807) is 0 Å². The summed E-state index contributed by atoms with van der Waals surface area (Å²) in [7, 11) is 0. The molecule has 0 atom stereocenters. The third-order valence-electron chi connectivity index (χ3n) is 3.27. The van der Waals surface area contributed by atoms with Crippen LogP contribution in [0.25, 0.3) is 0 Å². The molecule has 1 aliphatic heterocycles. The first-order chi connectivity index (χ1) is 9.06. The van der Waals surface area contributed by atoms with E-state index in [1.807, 2.05) is 4.90 Å². The van der Waals surface area contributed by atoms with E-state index in [2.05, 4.69) is 28.9 Å². The summed E-state index contributed by atoms with van der Waals surface area (Å²) in [5.74, 6) is 0.677. The number of carbonyl (C=O) groups is 1. The molecule has 0 unspecified atom stereocenters. The summed E-state index contributed by atoms with van der Waals surface area (Å²) in [5, 5.41) is 7.86. The lowest BCUT2D eigenvalue weighted by Gasteiger charge is -2.34. The SMILES string of the molecule is CC(C)CCN1CCN(C(=O)c2nnc(Cl)s2)CC1. The van der Waals surface area contributed by atoms with Gasteiger partial charge in [0.25, 0.3) is 5.91 Å². The number of carbonyl (C=O) groups excluding carboxylic acids is 1. The quantitative estimate of drug-likeness (QED) is 0.853. The van der Waals surface area contributed by atoms with Crippen molar-refractivity contribution in [2.24, 2.45) is 5.92 Å². The highest BCUT2D eigenvalue weighted by atomic mass is 35.5. The predicted octanol–water partition coefficient (Wildman–Crippen LogP) is 2.00. The Bertz CT molecular complexity index is 429. The zero-order valence-corrected chi connectivity index (χ0v) is 12.9. The maximum atomic E-state index is 12.1. The van der Waals surface area contributed by atoms with E-state index in [0.717, 1.165) is 50.0 Å². The van der Waals surface area contributed by atoms with Gasteiger partial charge in [-0.2, -0.15) is 0 Å². The smallest absolute Gasteiger partial charge is 0.284 e. The highest BCUT2D eigenvalue weighted by Gasteiger charge is 2.24. The van der Waals surface area contributed by atoms with Gasteiger partial charge in [0.15, 0.2) is 0 Å². The number of hydrogen-bond donors (Lipinski definition) is 0. The molecule has 1 aromatic rings. The summed E-state index contributed by atoms with van der Waals surface area (Å²) in [6.45, 7) is 8.97. The van der Waals surface area contributed by atoms with Crippen LogP contribution in [0.2, 0.25) is 4.47 Å². The van der Waals surface area contributed by atoms with Crippen LogP contribution in [0.5, 0.6) is 0 Å². The van der Waals surface area contributed by atoms with Crippen LogP contribution in [0.4, 0.5) is 0 Å². The molecule has 0 aromatic carbocycles. The van der Waals surface area contributed by atoms with Crippen molar-refractivity contribution in [2.45, 2.75) is 20.3 Å². The van der Waals surface area contributed by atoms with Gasteiger partial charge in [-0.25, -0.2) is 0 Å². The van der Waals surface area contributed by atoms with Crippen molar-refractivity contribution in [1.29, 1.82) is 0 Å². The van der Waals surface area contributed by atoms with Crippen LogP contribution >= 0.6 is 22.9 Å². The average Bonchev–Trinajstić information content (AvgIpc) is 2.83. The highest BCUT2D eigenvalue weighted by molar-refractivity contribution is 7.17. The average molecular weight is 303 g/mol. The fourth-order valence-electron chi connectivity index (χ4n) is 2.04. The zero-order valence-electron chi connectivity index (χ0n) is 11.3. The van der Waals surface area contributed by atoms with E-state index in [1.165, 1.54) is 6.42 Å². The molecule has 0 N–H and O–H groups in total. The monoisotopic (exact) mass is 302 g/mol. The highest BCUT2D eigenvalue weighted by Crippen LogP contribution is 2.17. The van der Waals surface area contributed by atoms with Gasteiger partial charge < -0.3 is 4.90 Å². The van der Waals surface area contributed by atoms with Gasteiger partial charge in [0.1, 0.15) is 0 Å². The zero-order chi connectivity index (χ0) is 13.8. The molecule has 2 rings (SSSR count). The van der Waals surface area contributed by atoms with Crippen LogP contribution in [0, 0.1) is 5.92 Å². The summed E-state index contributed by atoms with van der Waals surface area (Å²) < 4.78 is 0.318. The minimum Gasteiger partial charge on any atom is -0.334 e. The summed E-state index contributed by atoms with van der Waals surface area (Å²) in [4.78, 5) is 16.4. The Labute approximate surface area is 122 Å². The molecule has 1 aliphatic rings. The maximum absolute atomic E-state index is 12.1. The Morgan fingerprint density at radius 1 is 1.32 bits per heavy atom. The number of nitrogens with zero attached hydrogens (tertiary/aromatic N) is 4. The van der Waals surface area contributed by atoms with Gasteiger partial charge >= 0.3 is 0 Å². The largest absolute Gasteiger partial charge is 0.334 e. The van der Waals surface area contributed by atoms with E-state index < -0.39 is 0 Å². The van der Waals surface area contributed by atoms with E-state index in [0.29, 0.717) is 9.47 Å². The van der Waals surface area contributed by atoms with Crippen molar-refractivity contribution in [2.75, 3.05) is 32.7 Å². The normalized spacial score (nSPS) is 17.2. The molecule has 106 valence electrons. The van der Waals surface area contributed by atoms with Crippen LogP contribution in [-0.2, 0) is 0 Å². The molecule has 1 fully saturated rings.